The van der Waals surface area contributed by atoms with Gasteiger partial charge in [0.2, 0.25) is 6.20 Å². The molecule has 3 aromatic heterocycles. The molecular weight excluding hydrogens is 500 g/mol. The number of sulfone groups is 1. The molecule has 0 fully saturated rings. The lowest BCUT2D eigenvalue weighted by molar-refractivity contribution is -0.902. The summed E-state index contributed by atoms with van der Waals surface area (Å²) in [5.41, 5.74) is 1.57. The Kier molecular flexibility index (Phi) is 6.64. The molecule has 0 saturated heterocycles. The minimum Gasteiger partial charge on any atom is -0.325 e. The van der Waals surface area contributed by atoms with E-state index in [0.717, 1.165) is 12.1 Å². The van der Waals surface area contributed by atoms with Gasteiger partial charge in [-0.3, -0.25) is 5.21 Å². The second-order valence-corrected chi connectivity index (χ2v) is 9.98. The van der Waals surface area contributed by atoms with Crippen molar-refractivity contribution in [1.29, 1.82) is 0 Å². The third-order valence-corrected chi connectivity index (χ3v) is 7.30. The van der Waals surface area contributed by atoms with Crippen LogP contribution in [0.4, 0.5) is 20.4 Å². The number of aryl methyl sites for hydroxylation is 1. The van der Waals surface area contributed by atoms with E-state index in [1.807, 2.05) is 0 Å². The standard InChI is InChI=1S/C23H19ClF2N5O3S/c1-13-17(15-5-7-28-22(9-15)30-21-6-8-27-14(2)29-21)11-31(32)23(24)18(13)12-35(33,34)20-4-3-16(25)10-19(20)26/h3-11,32H,12H2,1-2H3,(H,27,28,29,30)/q+1. The largest absolute Gasteiger partial charge is 0.329 e. The van der Waals surface area contributed by atoms with Crippen LogP contribution in [0.2, 0.25) is 5.15 Å². The molecule has 0 amide bonds. The summed E-state index contributed by atoms with van der Waals surface area (Å²) in [4.78, 5) is 11.9. The Hall–Kier alpha value is -3.70. The molecule has 1 aromatic carbocycles. The van der Waals surface area contributed by atoms with E-state index >= 15 is 0 Å². The highest BCUT2D eigenvalue weighted by atomic mass is 35.5. The molecule has 4 rings (SSSR count). The summed E-state index contributed by atoms with van der Waals surface area (Å²) in [6.45, 7) is 3.38. The summed E-state index contributed by atoms with van der Waals surface area (Å²) < 4.78 is 53.9. The maximum Gasteiger partial charge on any atom is 0.329 e. The van der Waals surface area contributed by atoms with Gasteiger partial charge >= 0.3 is 5.15 Å². The highest BCUT2D eigenvalue weighted by molar-refractivity contribution is 7.90. The van der Waals surface area contributed by atoms with Gasteiger partial charge in [0, 0.05) is 23.2 Å². The van der Waals surface area contributed by atoms with Gasteiger partial charge in [0.15, 0.2) is 9.84 Å². The van der Waals surface area contributed by atoms with Crippen LogP contribution in [0.1, 0.15) is 17.0 Å². The van der Waals surface area contributed by atoms with E-state index < -0.39 is 32.1 Å². The third kappa shape index (κ3) is 5.20. The summed E-state index contributed by atoms with van der Waals surface area (Å²) in [6, 6.07) is 7.24. The molecule has 4 aromatic rings. The van der Waals surface area contributed by atoms with Crippen LogP contribution in [0.15, 0.2) is 59.9 Å². The fourth-order valence-electron chi connectivity index (χ4n) is 3.51. The molecule has 0 unspecified atom stereocenters. The fourth-order valence-corrected chi connectivity index (χ4v) is 5.37. The van der Waals surface area contributed by atoms with Crippen molar-refractivity contribution in [3.05, 3.63) is 88.7 Å². The maximum absolute atomic E-state index is 14.2. The van der Waals surface area contributed by atoms with E-state index in [9.17, 15) is 22.4 Å². The van der Waals surface area contributed by atoms with Crippen LogP contribution in [0, 0.1) is 25.5 Å². The molecule has 3 heterocycles. The zero-order valence-corrected chi connectivity index (χ0v) is 20.1. The zero-order chi connectivity index (χ0) is 25.3. The van der Waals surface area contributed by atoms with Crippen molar-refractivity contribution >= 4 is 33.1 Å². The molecule has 0 bridgehead atoms. The van der Waals surface area contributed by atoms with Crippen molar-refractivity contribution in [2.24, 2.45) is 0 Å². The van der Waals surface area contributed by atoms with Gasteiger partial charge < -0.3 is 5.32 Å². The molecule has 180 valence electrons. The van der Waals surface area contributed by atoms with Crippen molar-refractivity contribution in [2.75, 3.05) is 5.32 Å². The number of pyridine rings is 2. The second kappa shape index (κ2) is 9.51. The lowest BCUT2D eigenvalue weighted by Crippen LogP contribution is -2.33. The van der Waals surface area contributed by atoms with E-state index in [-0.39, 0.29) is 10.7 Å². The van der Waals surface area contributed by atoms with E-state index in [1.54, 1.807) is 38.2 Å². The Balaban J connectivity index is 1.74. The first-order valence-electron chi connectivity index (χ1n) is 10.2. The Bertz CT molecular complexity index is 1550. The molecule has 0 spiro atoms. The number of rotatable bonds is 6. The second-order valence-electron chi connectivity index (χ2n) is 7.66. The number of anilines is 2. The number of hydrogen-bond acceptors (Lipinski definition) is 7. The van der Waals surface area contributed by atoms with Crippen molar-refractivity contribution in [3.63, 3.8) is 0 Å². The Morgan fingerprint density at radius 2 is 1.80 bits per heavy atom. The monoisotopic (exact) mass is 518 g/mol. The average molecular weight is 519 g/mol. The van der Waals surface area contributed by atoms with Gasteiger partial charge in [-0.25, -0.2) is 32.2 Å². The Morgan fingerprint density at radius 1 is 1.06 bits per heavy atom. The van der Waals surface area contributed by atoms with Crippen molar-refractivity contribution in [3.8, 4) is 11.1 Å². The molecule has 12 heteroatoms. The fraction of sp³-hybridized carbons (Fsp3) is 0.130. The molecule has 0 atom stereocenters. The van der Waals surface area contributed by atoms with Gasteiger partial charge in [0.05, 0.1) is 16.9 Å². The predicted octanol–water partition coefficient (Wildman–Crippen LogP) is 4.33. The van der Waals surface area contributed by atoms with Gasteiger partial charge in [0.1, 0.15) is 34.0 Å². The van der Waals surface area contributed by atoms with Crippen LogP contribution in [0.3, 0.4) is 0 Å². The highest BCUT2D eigenvalue weighted by Crippen LogP contribution is 2.32. The van der Waals surface area contributed by atoms with E-state index in [4.69, 9.17) is 11.6 Å². The summed E-state index contributed by atoms with van der Waals surface area (Å²) in [5.74, 6) is -1.28. The minimum atomic E-state index is -4.26. The van der Waals surface area contributed by atoms with Crippen LogP contribution < -0.4 is 10.0 Å². The first kappa shape index (κ1) is 24.4. The van der Waals surface area contributed by atoms with Crippen LogP contribution in [0.5, 0.6) is 0 Å². The van der Waals surface area contributed by atoms with E-state index in [2.05, 4.69) is 20.3 Å². The predicted molar refractivity (Wildman–Crippen MR) is 124 cm³/mol. The topological polar surface area (TPSA) is 109 Å². The molecule has 0 saturated carbocycles. The normalized spacial score (nSPS) is 11.5. The quantitative estimate of drug-likeness (QED) is 0.169. The lowest BCUT2D eigenvalue weighted by Gasteiger charge is -2.12. The van der Waals surface area contributed by atoms with Crippen LogP contribution in [-0.4, -0.2) is 28.6 Å². The molecule has 8 nitrogen and oxygen atoms in total. The number of benzene rings is 1. The molecule has 0 aliphatic carbocycles. The van der Waals surface area contributed by atoms with Crippen molar-refractivity contribution < 1.29 is 27.1 Å². The van der Waals surface area contributed by atoms with Crippen LogP contribution >= 0.6 is 11.6 Å². The molecule has 35 heavy (non-hydrogen) atoms. The summed E-state index contributed by atoms with van der Waals surface area (Å²) in [7, 11) is -4.26. The van der Waals surface area contributed by atoms with Gasteiger partial charge in [-0.05, 0) is 66.9 Å². The van der Waals surface area contributed by atoms with Crippen LogP contribution in [0.25, 0.3) is 11.1 Å². The number of halogens is 3. The average Bonchev–Trinajstić information content (AvgIpc) is 2.79. The van der Waals surface area contributed by atoms with Gasteiger partial charge in [-0.1, -0.05) is 0 Å². The Morgan fingerprint density at radius 3 is 2.51 bits per heavy atom. The third-order valence-electron chi connectivity index (χ3n) is 5.22. The molecule has 0 aliphatic rings. The molecule has 0 radical (unpaired) electrons. The van der Waals surface area contributed by atoms with Crippen molar-refractivity contribution in [2.45, 2.75) is 24.5 Å². The minimum absolute atomic E-state index is 0.0631. The summed E-state index contributed by atoms with van der Waals surface area (Å²) in [6.07, 6.45) is 4.47. The molecule has 2 N–H and O–H groups in total. The first-order chi connectivity index (χ1) is 16.5. The lowest BCUT2D eigenvalue weighted by atomic mass is 10.0. The van der Waals surface area contributed by atoms with Crippen LogP contribution in [-0.2, 0) is 15.6 Å². The van der Waals surface area contributed by atoms with E-state index in [1.165, 1.54) is 12.4 Å². The molecule has 0 aliphatic heterocycles. The van der Waals surface area contributed by atoms with Gasteiger partial charge in [0.25, 0.3) is 0 Å². The first-order valence-corrected chi connectivity index (χ1v) is 12.2. The smallest absolute Gasteiger partial charge is 0.325 e. The highest BCUT2D eigenvalue weighted by Gasteiger charge is 2.29. The van der Waals surface area contributed by atoms with Gasteiger partial charge in [-0.2, -0.15) is 0 Å². The number of hydrogen-bond donors (Lipinski definition) is 2. The number of nitrogens with one attached hydrogen (secondary N) is 1. The van der Waals surface area contributed by atoms with Gasteiger partial charge in [-0.15, -0.1) is 0 Å². The Labute approximate surface area is 204 Å². The number of aromatic nitrogens is 4. The number of nitrogens with zero attached hydrogens (tertiary/aromatic N) is 4. The summed E-state index contributed by atoms with van der Waals surface area (Å²) in [5, 5.41) is 13.2. The SMILES string of the molecule is Cc1nccc(Nc2cc(-c3c[n+](O)c(Cl)c(CS(=O)(=O)c4ccc(F)cc4F)c3C)ccn2)n1. The zero-order valence-electron chi connectivity index (χ0n) is 18.5. The van der Waals surface area contributed by atoms with Crippen molar-refractivity contribution in [1.82, 2.24) is 15.0 Å². The van der Waals surface area contributed by atoms with E-state index in [0.29, 0.717) is 44.9 Å². The maximum atomic E-state index is 14.2. The summed E-state index contributed by atoms with van der Waals surface area (Å²) >= 11 is 6.23. The molecular formula is C23H19ClF2N5O3S+.